The molecule has 0 aromatic rings. The van der Waals surface area contributed by atoms with E-state index in [-0.39, 0.29) is 35.5 Å². The van der Waals surface area contributed by atoms with Gasteiger partial charge in [-0.15, -0.1) is 0 Å². The molecule has 0 aromatic heterocycles. The number of likely N-dealkylation sites (tertiary alicyclic amines) is 1. The average molecular weight is 511 g/mol. The maximum atomic E-state index is 13.7. The lowest BCUT2D eigenvalue weighted by Crippen LogP contribution is -2.60. The Hall–Kier alpha value is -2.23. The molecule has 0 bridgehead atoms. The highest BCUT2D eigenvalue weighted by molar-refractivity contribution is 7.87. The summed E-state index contributed by atoms with van der Waals surface area (Å²) < 4.78 is 28.6. The SMILES string of the molecule is CN(C)S(=O)(=O)N[C@H](C(=O)N1C[C@H]2[C@@H]([C@H]1C(=O)N[C@H](C#N)C[C@@H]1CCNC1=O)C2(C)C)C(C)(C)C. The number of carbonyl (C=O) groups excluding carboxylic acids is 3. The van der Waals surface area contributed by atoms with Gasteiger partial charge in [0.1, 0.15) is 18.1 Å². The molecule has 0 spiro atoms. The standard InChI is InChI=1S/C23H38N6O5S/c1-22(2,3)18(27-35(33,34)28(6)7)21(32)29-12-15-16(23(15,4)5)17(29)20(31)26-14(11-24)10-13-8-9-25-19(13)30/h13-18,27H,8-10,12H2,1-7H3,(H,25,30)(H,26,31)/t13-,14-,15-,16-,17-,18+/m0/s1. The fraction of sp³-hybridized carbons (Fsp3) is 0.826. The minimum atomic E-state index is -3.91. The smallest absolute Gasteiger partial charge is 0.279 e. The Bertz CT molecular complexity index is 1030. The molecule has 196 valence electrons. The number of nitrogens with zero attached hydrogens (tertiary/aromatic N) is 3. The van der Waals surface area contributed by atoms with Gasteiger partial charge < -0.3 is 15.5 Å². The van der Waals surface area contributed by atoms with Crippen LogP contribution >= 0.6 is 0 Å². The molecule has 3 aliphatic rings. The van der Waals surface area contributed by atoms with E-state index in [9.17, 15) is 28.1 Å². The first-order valence-corrected chi connectivity index (χ1v) is 13.4. The van der Waals surface area contributed by atoms with E-state index in [2.05, 4.69) is 21.4 Å². The Morgan fingerprint density at radius 2 is 1.94 bits per heavy atom. The van der Waals surface area contributed by atoms with E-state index in [4.69, 9.17) is 0 Å². The number of hydrogen-bond acceptors (Lipinski definition) is 6. The van der Waals surface area contributed by atoms with E-state index in [1.807, 2.05) is 13.8 Å². The summed E-state index contributed by atoms with van der Waals surface area (Å²) >= 11 is 0. The number of carbonyl (C=O) groups is 3. The molecule has 0 aromatic carbocycles. The predicted octanol–water partition coefficient (Wildman–Crippen LogP) is -0.185. The second-order valence-electron chi connectivity index (χ2n) is 11.8. The topological polar surface area (TPSA) is 152 Å². The van der Waals surface area contributed by atoms with Crippen LogP contribution in [0.2, 0.25) is 0 Å². The van der Waals surface area contributed by atoms with Crippen molar-refractivity contribution in [2.45, 2.75) is 65.6 Å². The van der Waals surface area contributed by atoms with Crippen molar-refractivity contribution in [1.82, 2.24) is 24.6 Å². The third-order valence-electron chi connectivity index (χ3n) is 7.78. The molecule has 12 heteroatoms. The van der Waals surface area contributed by atoms with Gasteiger partial charge in [0.05, 0.1) is 6.07 Å². The van der Waals surface area contributed by atoms with Crippen LogP contribution in [0, 0.1) is 39.9 Å². The Morgan fingerprint density at radius 1 is 1.31 bits per heavy atom. The summed E-state index contributed by atoms with van der Waals surface area (Å²) in [6.45, 7) is 10.3. The van der Waals surface area contributed by atoms with Crippen molar-refractivity contribution >= 4 is 27.9 Å². The molecule has 1 aliphatic carbocycles. The summed E-state index contributed by atoms with van der Waals surface area (Å²) in [5.74, 6) is -1.35. The normalized spacial score (nSPS) is 29.2. The molecule has 3 fully saturated rings. The molecule has 35 heavy (non-hydrogen) atoms. The largest absolute Gasteiger partial charge is 0.356 e. The molecule has 6 atom stereocenters. The first-order valence-electron chi connectivity index (χ1n) is 12.0. The summed E-state index contributed by atoms with van der Waals surface area (Å²) in [4.78, 5) is 40.6. The van der Waals surface area contributed by atoms with E-state index in [1.54, 1.807) is 20.8 Å². The molecule has 3 amide bonds. The highest BCUT2D eigenvalue weighted by atomic mass is 32.2. The van der Waals surface area contributed by atoms with E-state index >= 15 is 0 Å². The lowest BCUT2D eigenvalue weighted by molar-refractivity contribution is -0.143. The first-order chi connectivity index (χ1) is 16.0. The molecule has 0 radical (unpaired) electrons. The van der Waals surface area contributed by atoms with Gasteiger partial charge in [0.15, 0.2) is 0 Å². The van der Waals surface area contributed by atoms with Gasteiger partial charge in [0.2, 0.25) is 17.7 Å². The predicted molar refractivity (Wildman–Crippen MR) is 129 cm³/mol. The van der Waals surface area contributed by atoms with Crippen molar-refractivity contribution in [3.05, 3.63) is 0 Å². The monoisotopic (exact) mass is 510 g/mol. The summed E-state index contributed by atoms with van der Waals surface area (Å²) in [7, 11) is -1.15. The van der Waals surface area contributed by atoms with E-state index in [0.29, 0.717) is 19.5 Å². The molecule has 2 heterocycles. The van der Waals surface area contributed by atoms with Crippen LogP contribution in [0.1, 0.15) is 47.5 Å². The molecule has 11 nitrogen and oxygen atoms in total. The minimum Gasteiger partial charge on any atom is -0.356 e. The van der Waals surface area contributed by atoms with E-state index in [0.717, 1.165) is 4.31 Å². The van der Waals surface area contributed by atoms with Crippen molar-refractivity contribution in [3.8, 4) is 6.07 Å². The van der Waals surface area contributed by atoms with Gasteiger partial charge in [-0.2, -0.15) is 22.7 Å². The van der Waals surface area contributed by atoms with Gasteiger partial charge in [0.25, 0.3) is 10.2 Å². The average Bonchev–Trinajstić information content (AvgIpc) is 3.10. The molecular formula is C23H38N6O5S. The molecular weight excluding hydrogens is 472 g/mol. The van der Waals surface area contributed by atoms with Crippen LogP contribution in [0.25, 0.3) is 0 Å². The van der Waals surface area contributed by atoms with Crippen LogP contribution in [-0.2, 0) is 24.6 Å². The molecule has 2 aliphatic heterocycles. The van der Waals surface area contributed by atoms with Gasteiger partial charge >= 0.3 is 0 Å². The molecule has 1 saturated carbocycles. The lowest BCUT2D eigenvalue weighted by atomic mass is 9.86. The number of fused-ring (bicyclic) bond motifs is 1. The minimum absolute atomic E-state index is 0.0911. The van der Waals surface area contributed by atoms with Crippen LogP contribution in [0.15, 0.2) is 0 Å². The van der Waals surface area contributed by atoms with Crippen molar-refractivity contribution in [1.29, 1.82) is 5.26 Å². The number of hydrogen-bond donors (Lipinski definition) is 3. The van der Waals surface area contributed by atoms with Crippen LogP contribution in [0.5, 0.6) is 0 Å². The van der Waals surface area contributed by atoms with Crippen molar-refractivity contribution in [2.75, 3.05) is 27.2 Å². The van der Waals surface area contributed by atoms with Crippen LogP contribution in [0.4, 0.5) is 0 Å². The van der Waals surface area contributed by atoms with E-state index < -0.39 is 45.6 Å². The Labute approximate surface area is 208 Å². The highest BCUT2D eigenvalue weighted by Gasteiger charge is 2.69. The fourth-order valence-corrected chi connectivity index (χ4v) is 6.35. The third kappa shape index (κ3) is 5.32. The van der Waals surface area contributed by atoms with Gasteiger partial charge in [-0.25, -0.2) is 0 Å². The highest BCUT2D eigenvalue weighted by Crippen LogP contribution is 2.65. The van der Waals surface area contributed by atoms with Crippen LogP contribution in [0.3, 0.4) is 0 Å². The van der Waals surface area contributed by atoms with Gasteiger partial charge in [-0.3, -0.25) is 14.4 Å². The summed E-state index contributed by atoms with van der Waals surface area (Å²) in [5.41, 5.74) is -0.902. The lowest BCUT2D eigenvalue weighted by Gasteiger charge is -2.38. The Kier molecular flexibility index (Phi) is 7.30. The van der Waals surface area contributed by atoms with Gasteiger partial charge in [-0.1, -0.05) is 34.6 Å². The molecule has 2 saturated heterocycles. The number of amides is 3. The zero-order valence-corrected chi connectivity index (χ0v) is 22.4. The maximum Gasteiger partial charge on any atom is 0.279 e. The second-order valence-corrected chi connectivity index (χ2v) is 13.7. The zero-order chi connectivity index (χ0) is 26.5. The number of nitrogens with one attached hydrogen (secondary N) is 3. The van der Waals surface area contributed by atoms with Crippen LogP contribution in [-0.4, -0.2) is 80.7 Å². The third-order valence-corrected chi connectivity index (χ3v) is 9.27. The number of piperidine rings is 1. The van der Waals surface area contributed by atoms with Crippen molar-refractivity contribution in [2.24, 2.45) is 28.6 Å². The first kappa shape index (κ1) is 27.4. The van der Waals surface area contributed by atoms with Gasteiger partial charge in [-0.05, 0) is 35.5 Å². The number of rotatable bonds is 8. The Morgan fingerprint density at radius 3 is 2.43 bits per heavy atom. The second kappa shape index (κ2) is 9.33. The van der Waals surface area contributed by atoms with Crippen molar-refractivity contribution in [3.63, 3.8) is 0 Å². The van der Waals surface area contributed by atoms with Crippen molar-refractivity contribution < 1.29 is 22.8 Å². The van der Waals surface area contributed by atoms with E-state index in [1.165, 1.54) is 19.0 Å². The Balaban J connectivity index is 1.83. The fourth-order valence-electron chi connectivity index (χ4n) is 5.39. The van der Waals surface area contributed by atoms with Gasteiger partial charge in [0, 0.05) is 33.1 Å². The summed E-state index contributed by atoms with van der Waals surface area (Å²) in [5, 5.41) is 15.1. The maximum absolute atomic E-state index is 13.7. The quantitative estimate of drug-likeness (QED) is 0.412. The van der Waals surface area contributed by atoms with Crippen LogP contribution < -0.4 is 15.4 Å². The number of nitriles is 1. The molecule has 3 rings (SSSR count). The zero-order valence-electron chi connectivity index (χ0n) is 21.6. The molecule has 0 unspecified atom stereocenters. The summed E-state index contributed by atoms with van der Waals surface area (Å²) in [6.07, 6.45) is 0.817. The molecule has 3 N–H and O–H groups in total. The summed E-state index contributed by atoms with van der Waals surface area (Å²) in [6, 6.07) is -0.685.